The maximum absolute atomic E-state index is 12.0. The van der Waals surface area contributed by atoms with Gasteiger partial charge in [0.1, 0.15) is 12.1 Å². The summed E-state index contributed by atoms with van der Waals surface area (Å²) in [5.41, 5.74) is 0.249. The lowest BCUT2D eigenvalue weighted by atomic mass is 10.2. The van der Waals surface area contributed by atoms with Gasteiger partial charge in [-0.3, -0.25) is 4.79 Å². The van der Waals surface area contributed by atoms with E-state index in [1.54, 1.807) is 6.07 Å². The first-order valence-electron chi connectivity index (χ1n) is 7.13. The van der Waals surface area contributed by atoms with Crippen LogP contribution < -0.4 is 4.90 Å². The van der Waals surface area contributed by atoms with Crippen LogP contribution in [0.4, 0.5) is 5.82 Å². The van der Waals surface area contributed by atoms with Crippen LogP contribution in [0.25, 0.3) is 0 Å². The predicted octanol–water partition coefficient (Wildman–Crippen LogP) is 0.322. The topological polar surface area (TPSA) is 75.6 Å². The van der Waals surface area contributed by atoms with Gasteiger partial charge in [-0.2, -0.15) is 0 Å². The highest BCUT2D eigenvalue weighted by atomic mass is 16.5. The number of ether oxygens (including phenoxy) is 1. The average molecular weight is 290 g/mol. The minimum absolute atomic E-state index is 0.249. The quantitative estimate of drug-likeness (QED) is 0.746. The Bertz CT molecular complexity index is 551. The summed E-state index contributed by atoms with van der Waals surface area (Å²) in [6.45, 7) is 2.84. The molecule has 0 bridgehead atoms. The van der Waals surface area contributed by atoms with Gasteiger partial charge in [-0.15, -0.1) is 0 Å². The molecule has 0 aromatic carbocycles. The standard InChI is InChI=1S/C14H18N4O3/c1-21-14(20)11-8-12(16-9-15-11)17-4-6-18(7-5-17)13(19)10-2-3-10/h8-10H,2-7H2,1H3. The zero-order valence-electron chi connectivity index (χ0n) is 12.0. The molecule has 0 radical (unpaired) electrons. The third-order valence-electron chi connectivity index (χ3n) is 3.89. The average Bonchev–Trinajstić information content (AvgIpc) is 3.38. The molecule has 0 N–H and O–H groups in total. The Labute approximate surface area is 122 Å². The molecule has 21 heavy (non-hydrogen) atoms. The maximum atomic E-state index is 12.0. The number of piperazine rings is 1. The van der Waals surface area contributed by atoms with Crippen molar-refractivity contribution in [2.75, 3.05) is 38.2 Å². The van der Waals surface area contributed by atoms with Crippen molar-refractivity contribution >= 4 is 17.7 Å². The van der Waals surface area contributed by atoms with Crippen LogP contribution in [0.1, 0.15) is 23.3 Å². The molecule has 1 aliphatic heterocycles. The first-order valence-corrected chi connectivity index (χ1v) is 7.13. The second kappa shape index (κ2) is 5.67. The number of hydrogen-bond donors (Lipinski definition) is 0. The van der Waals surface area contributed by atoms with E-state index in [-0.39, 0.29) is 17.5 Å². The number of methoxy groups -OCH3 is 1. The van der Waals surface area contributed by atoms with Gasteiger partial charge in [-0.05, 0) is 12.8 Å². The van der Waals surface area contributed by atoms with Crippen LogP contribution in [0.5, 0.6) is 0 Å². The molecule has 1 saturated heterocycles. The van der Waals surface area contributed by atoms with Crippen molar-refractivity contribution in [1.82, 2.24) is 14.9 Å². The Morgan fingerprint density at radius 2 is 1.90 bits per heavy atom. The predicted molar refractivity (Wildman–Crippen MR) is 74.9 cm³/mol. The number of carbonyl (C=O) groups excluding carboxylic acids is 2. The molecule has 3 rings (SSSR count). The lowest BCUT2D eigenvalue weighted by Gasteiger charge is -2.35. The van der Waals surface area contributed by atoms with E-state index in [1.807, 2.05) is 4.90 Å². The van der Waals surface area contributed by atoms with E-state index in [0.717, 1.165) is 25.9 Å². The fraction of sp³-hybridized carbons (Fsp3) is 0.571. The number of carbonyl (C=O) groups is 2. The molecule has 1 saturated carbocycles. The van der Waals surface area contributed by atoms with E-state index < -0.39 is 5.97 Å². The monoisotopic (exact) mass is 290 g/mol. The second-order valence-corrected chi connectivity index (χ2v) is 5.34. The van der Waals surface area contributed by atoms with Crippen LogP contribution in [0.3, 0.4) is 0 Å². The van der Waals surface area contributed by atoms with Gasteiger partial charge in [0.05, 0.1) is 7.11 Å². The molecular weight excluding hydrogens is 272 g/mol. The van der Waals surface area contributed by atoms with Crippen molar-refractivity contribution in [3.8, 4) is 0 Å². The van der Waals surface area contributed by atoms with Crippen LogP contribution in [0.15, 0.2) is 12.4 Å². The second-order valence-electron chi connectivity index (χ2n) is 5.34. The SMILES string of the molecule is COC(=O)c1cc(N2CCN(C(=O)C3CC3)CC2)ncn1. The molecule has 1 aromatic heterocycles. The van der Waals surface area contributed by atoms with E-state index in [9.17, 15) is 9.59 Å². The summed E-state index contributed by atoms with van der Waals surface area (Å²) in [7, 11) is 1.33. The van der Waals surface area contributed by atoms with Crippen molar-refractivity contribution in [1.29, 1.82) is 0 Å². The summed E-state index contributed by atoms with van der Waals surface area (Å²) in [6.07, 6.45) is 3.43. The Balaban J connectivity index is 1.63. The summed E-state index contributed by atoms with van der Waals surface area (Å²) in [5.74, 6) is 0.777. The minimum Gasteiger partial charge on any atom is -0.464 e. The molecule has 0 atom stereocenters. The van der Waals surface area contributed by atoms with Crippen molar-refractivity contribution < 1.29 is 14.3 Å². The molecule has 7 nitrogen and oxygen atoms in total. The molecule has 1 aromatic rings. The molecule has 1 amide bonds. The summed E-state index contributed by atoms with van der Waals surface area (Å²) in [6, 6.07) is 1.63. The van der Waals surface area contributed by atoms with Gasteiger partial charge in [0, 0.05) is 38.2 Å². The Morgan fingerprint density at radius 1 is 1.19 bits per heavy atom. The van der Waals surface area contributed by atoms with E-state index in [0.29, 0.717) is 18.9 Å². The lowest BCUT2D eigenvalue weighted by molar-refractivity contribution is -0.132. The van der Waals surface area contributed by atoms with Gasteiger partial charge in [-0.1, -0.05) is 0 Å². The van der Waals surface area contributed by atoms with Crippen LogP contribution >= 0.6 is 0 Å². The van der Waals surface area contributed by atoms with E-state index in [1.165, 1.54) is 13.4 Å². The van der Waals surface area contributed by atoms with Gasteiger partial charge in [0.2, 0.25) is 5.91 Å². The molecule has 2 heterocycles. The van der Waals surface area contributed by atoms with Gasteiger partial charge in [-0.25, -0.2) is 14.8 Å². The first-order chi connectivity index (χ1) is 10.2. The first kappa shape index (κ1) is 13.8. The van der Waals surface area contributed by atoms with Gasteiger partial charge in [0.25, 0.3) is 0 Å². The third-order valence-corrected chi connectivity index (χ3v) is 3.89. The fourth-order valence-electron chi connectivity index (χ4n) is 2.48. The molecule has 2 aliphatic rings. The fourth-order valence-corrected chi connectivity index (χ4v) is 2.48. The molecule has 7 heteroatoms. The Morgan fingerprint density at radius 3 is 2.52 bits per heavy atom. The number of nitrogens with zero attached hydrogens (tertiary/aromatic N) is 4. The number of esters is 1. The minimum atomic E-state index is -0.471. The van der Waals surface area contributed by atoms with Gasteiger partial charge < -0.3 is 14.5 Å². The summed E-state index contributed by atoms with van der Waals surface area (Å²) in [4.78, 5) is 35.6. The number of aromatic nitrogens is 2. The zero-order chi connectivity index (χ0) is 14.8. The van der Waals surface area contributed by atoms with Crippen LogP contribution in [0.2, 0.25) is 0 Å². The van der Waals surface area contributed by atoms with Gasteiger partial charge >= 0.3 is 5.97 Å². The van der Waals surface area contributed by atoms with Crippen molar-refractivity contribution in [2.45, 2.75) is 12.8 Å². The van der Waals surface area contributed by atoms with Gasteiger partial charge in [0.15, 0.2) is 5.69 Å². The van der Waals surface area contributed by atoms with Crippen molar-refractivity contribution in [3.05, 3.63) is 18.1 Å². The Hall–Kier alpha value is -2.18. The van der Waals surface area contributed by atoms with Crippen molar-refractivity contribution in [2.24, 2.45) is 5.92 Å². The normalized spacial score (nSPS) is 18.5. The molecule has 0 spiro atoms. The van der Waals surface area contributed by atoms with Crippen LogP contribution in [0, 0.1) is 5.92 Å². The maximum Gasteiger partial charge on any atom is 0.356 e. The molecule has 112 valence electrons. The summed E-state index contributed by atoms with van der Waals surface area (Å²) >= 11 is 0. The molecule has 2 fully saturated rings. The van der Waals surface area contributed by atoms with Crippen LogP contribution in [-0.2, 0) is 9.53 Å². The van der Waals surface area contributed by atoms with E-state index in [2.05, 4.69) is 19.6 Å². The highest BCUT2D eigenvalue weighted by Gasteiger charge is 2.34. The number of anilines is 1. The number of hydrogen-bond acceptors (Lipinski definition) is 6. The zero-order valence-corrected chi connectivity index (χ0v) is 12.0. The highest BCUT2D eigenvalue weighted by Crippen LogP contribution is 2.31. The smallest absolute Gasteiger partial charge is 0.356 e. The third kappa shape index (κ3) is 2.96. The number of amides is 1. The number of rotatable bonds is 3. The lowest BCUT2D eigenvalue weighted by Crippen LogP contribution is -2.49. The Kier molecular flexibility index (Phi) is 3.72. The summed E-state index contributed by atoms with van der Waals surface area (Å²) < 4.78 is 4.66. The molecular formula is C14H18N4O3. The largest absolute Gasteiger partial charge is 0.464 e. The summed E-state index contributed by atoms with van der Waals surface area (Å²) in [5, 5.41) is 0. The van der Waals surface area contributed by atoms with Crippen molar-refractivity contribution in [3.63, 3.8) is 0 Å². The van der Waals surface area contributed by atoms with Crippen LogP contribution in [-0.4, -0.2) is 60.0 Å². The van der Waals surface area contributed by atoms with E-state index >= 15 is 0 Å². The molecule has 0 unspecified atom stereocenters. The van der Waals surface area contributed by atoms with E-state index in [4.69, 9.17) is 0 Å². The molecule has 1 aliphatic carbocycles. The highest BCUT2D eigenvalue weighted by molar-refractivity contribution is 5.87.